The molecule has 0 saturated heterocycles. The highest BCUT2D eigenvalue weighted by Gasteiger charge is 2.34. The third-order valence-electron chi connectivity index (χ3n) is 6.21. The number of sulfonamides is 1. The van der Waals surface area contributed by atoms with Crippen LogP contribution >= 0.6 is 11.6 Å². The highest BCUT2D eigenvalue weighted by Crippen LogP contribution is 2.33. The molecule has 0 aromatic heterocycles. The lowest BCUT2D eigenvalue weighted by molar-refractivity contribution is -0.140. The van der Waals surface area contributed by atoms with Crippen LogP contribution in [0.5, 0.6) is 11.5 Å². The highest BCUT2D eigenvalue weighted by atomic mass is 35.5. The van der Waals surface area contributed by atoms with Crippen LogP contribution in [0.3, 0.4) is 0 Å². The summed E-state index contributed by atoms with van der Waals surface area (Å²) in [6.45, 7) is 1.19. The molecule has 0 aliphatic rings. The van der Waals surface area contributed by atoms with Crippen LogP contribution in [0, 0.1) is 0 Å². The summed E-state index contributed by atoms with van der Waals surface area (Å²) in [6.07, 6.45) is 0.301. The highest BCUT2D eigenvalue weighted by molar-refractivity contribution is 7.92. The molecule has 2 amide bonds. The Labute approximate surface area is 234 Å². The quantitative estimate of drug-likeness (QED) is 0.350. The van der Waals surface area contributed by atoms with Crippen LogP contribution < -0.4 is 19.1 Å². The zero-order chi connectivity index (χ0) is 28.6. The number of nitrogens with zero attached hydrogens (tertiary/aromatic N) is 2. The number of hydrogen-bond donors (Lipinski definition) is 1. The van der Waals surface area contributed by atoms with E-state index in [-0.39, 0.29) is 28.8 Å². The van der Waals surface area contributed by atoms with Gasteiger partial charge in [-0.3, -0.25) is 13.9 Å². The predicted octanol–water partition coefficient (Wildman–Crippen LogP) is 4.11. The SMILES string of the molecule is CCC(C(=O)NC)N(Cc1ccccc1Cl)C(=O)CN(c1ccccc1OC)S(=O)(=O)c1ccc(OC)cc1. The van der Waals surface area contributed by atoms with Crippen LogP contribution in [-0.4, -0.2) is 59.0 Å². The van der Waals surface area contributed by atoms with E-state index in [4.69, 9.17) is 21.1 Å². The number of ether oxygens (including phenoxy) is 2. The van der Waals surface area contributed by atoms with Gasteiger partial charge in [0, 0.05) is 18.6 Å². The van der Waals surface area contributed by atoms with E-state index in [2.05, 4.69) is 5.32 Å². The summed E-state index contributed by atoms with van der Waals surface area (Å²) in [5, 5.41) is 3.02. The van der Waals surface area contributed by atoms with E-state index in [9.17, 15) is 18.0 Å². The van der Waals surface area contributed by atoms with Crippen LogP contribution in [0.15, 0.2) is 77.7 Å². The van der Waals surface area contributed by atoms with Crippen molar-refractivity contribution < 1.29 is 27.5 Å². The molecule has 1 unspecified atom stereocenters. The second-order valence-corrected chi connectivity index (χ2v) is 10.8. The van der Waals surface area contributed by atoms with Crippen molar-refractivity contribution in [2.45, 2.75) is 30.8 Å². The molecule has 0 spiro atoms. The van der Waals surface area contributed by atoms with E-state index in [0.29, 0.717) is 22.8 Å². The summed E-state index contributed by atoms with van der Waals surface area (Å²) in [4.78, 5) is 28.1. The standard InChI is InChI=1S/C28H32ClN3O6S/c1-5-24(28(34)30-2)31(18-20-10-6-7-11-23(20)29)27(33)19-32(25-12-8-9-13-26(25)38-4)39(35,36)22-16-14-21(37-3)15-17-22/h6-17,24H,5,18-19H2,1-4H3,(H,30,34). The van der Waals surface area contributed by atoms with Crippen molar-refractivity contribution in [1.82, 2.24) is 10.2 Å². The van der Waals surface area contributed by atoms with Crippen molar-refractivity contribution >= 4 is 39.1 Å². The maximum atomic E-state index is 14.0. The van der Waals surface area contributed by atoms with Gasteiger partial charge in [0.15, 0.2) is 0 Å². The summed E-state index contributed by atoms with van der Waals surface area (Å²) in [5.74, 6) is -0.220. The molecule has 0 aliphatic carbocycles. The molecule has 39 heavy (non-hydrogen) atoms. The van der Waals surface area contributed by atoms with Gasteiger partial charge in [0.25, 0.3) is 10.0 Å². The molecular formula is C28H32ClN3O6S. The summed E-state index contributed by atoms with van der Waals surface area (Å²) in [7, 11) is 0.126. The number of carbonyl (C=O) groups is 2. The molecule has 0 bridgehead atoms. The number of methoxy groups -OCH3 is 2. The minimum atomic E-state index is -4.26. The van der Waals surface area contributed by atoms with Gasteiger partial charge in [-0.1, -0.05) is 48.9 Å². The molecule has 1 atom stereocenters. The minimum Gasteiger partial charge on any atom is -0.497 e. The number of anilines is 1. The lowest BCUT2D eigenvalue weighted by Crippen LogP contribution is -2.51. The third kappa shape index (κ3) is 6.82. The van der Waals surface area contributed by atoms with Gasteiger partial charge < -0.3 is 19.7 Å². The molecular weight excluding hydrogens is 542 g/mol. The Morgan fingerprint density at radius 1 is 0.949 bits per heavy atom. The van der Waals surface area contributed by atoms with Crippen molar-refractivity contribution in [1.29, 1.82) is 0 Å². The number of rotatable bonds is 12. The van der Waals surface area contributed by atoms with Crippen LogP contribution in [0.4, 0.5) is 5.69 Å². The second kappa shape index (κ2) is 13.3. The molecule has 3 rings (SSSR count). The van der Waals surface area contributed by atoms with Crippen molar-refractivity contribution in [3.8, 4) is 11.5 Å². The molecule has 0 radical (unpaired) electrons. The van der Waals surface area contributed by atoms with Gasteiger partial charge in [0.05, 0.1) is 24.8 Å². The van der Waals surface area contributed by atoms with Gasteiger partial charge in [-0.05, 0) is 54.4 Å². The summed E-state index contributed by atoms with van der Waals surface area (Å²) >= 11 is 6.38. The van der Waals surface area contributed by atoms with E-state index in [0.717, 1.165) is 4.31 Å². The largest absolute Gasteiger partial charge is 0.497 e. The Hall–Kier alpha value is -3.76. The van der Waals surface area contributed by atoms with Crippen LogP contribution in [0.25, 0.3) is 0 Å². The lowest BCUT2D eigenvalue weighted by atomic mass is 10.1. The van der Waals surface area contributed by atoms with Gasteiger partial charge in [0.1, 0.15) is 24.1 Å². The first-order chi connectivity index (χ1) is 18.7. The fourth-order valence-electron chi connectivity index (χ4n) is 4.12. The number of halogens is 1. The Kier molecular flexibility index (Phi) is 10.2. The first-order valence-corrected chi connectivity index (χ1v) is 14.0. The Bertz CT molecular complexity index is 1400. The van der Waals surface area contributed by atoms with Crippen molar-refractivity contribution in [3.63, 3.8) is 0 Å². The number of likely N-dealkylation sites (N-methyl/N-ethyl adjacent to an activating group) is 1. The summed E-state index contributed by atoms with van der Waals surface area (Å²) in [6, 6.07) is 18.5. The van der Waals surface area contributed by atoms with Crippen molar-refractivity contribution in [2.24, 2.45) is 0 Å². The minimum absolute atomic E-state index is 0.00673. The number of hydrogen-bond acceptors (Lipinski definition) is 6. The molecule has 11 heteroatoms. The van der Waals surface area contributed by atoms with Crippen molar-refractivity contribution in [2.75, 3.05) is 32.1 Å². The van der Waals surface area contributed by atoms with Crippen molar-refractivity contribution in [3.05, 3.63) is 83.4 Å². The number of amides is 2. The number of benzene rings is 3. The molecule has 208 valence electrons. The molecule has 1 N–H and O–H groups in total. The number of carbonyl (C=O) groups excluding carboxylic acids is 2. The Balaban J connectivity index is 2.11. The second-order valence-electron chi connectivity index (χ2n) is 8.51. The summed E-state index contributed by atoms with van der Waals surface area (Å²) < 4.78 is 39.5. The molecule has 9 nitrogen and oxygen atoms in total. The smallest absolute Gasteiger partial charge is 0.264 e. The molecule has 0 fully saturated rings. The fraction of sp³-hybridized carbons (Fsp3) is 0.286. The van der Waals surface area contributed by atoms with Crippen LogP contribution in [-0.2, 0) is 26.2 Å². The zero-order valence-electron chi connectivity index (χ0n) is 22.3. The van der Waals surface area contributed by atoms with E-state index in [1.165, 1.54) is 50.4 Å². The van der Waals surface area contributed by atoms with E-state index < -0.39 is 28.5 Å². The Morgan fingerprint density at radius 2 is 1.59 bits per heavy atom. The van der Waals surface area contributed by atoms with E-state index in [1.54, 1.807) is 55.5 Å². The molecule has 3 aromatic carbocycles. The Morgan fingerprint density at radius 3 is 2.18 bits per heavy atom. The molecule has 3 aromatic rings. The number of para-hydroxylation sites is 2. The molecule has 0 aliphatic heterocycles. The third-order valence-corrected chi connectivity index (χ3v) is 8.35. The van der Waals surface area contributed by atoms with Gasteiger partial charge in [0.2, 0.25) is 11.8 Å². The number of nitrogens with one attached hydrogen (secondary N) is 1. The fourth-order valence-corrected chi connectivity index (χ4v) is 5.74. The maximum absolute atomic E-state index is 14.0. The maximum Gasteiger partial charge on any atom is 0.264 e. The molecule has 0 heterocycles. The van der Waals surface area contributed by atoms with Crippen LogP contribution in [0.1, 0.15) is 18.9 Å². The summed E-state index contributed by atoms with van der Waals surface area (Å²) in [5.41, 5.74) is 0.798. The average molecular weight is 574 g/mol. The first-order valence-electron chi connectivity index (χ1n) is 12.2. The normalized spacial score (nSPS) is 11.8. The average Bonchev–Trinajstić information content (AvgIpc) is 2.96. The predicted molar refractivity (Wildman–Crippen MR) is 151 cm³/mol. The van der Waals surface area contributed by atoms with Gasteiger partial charge in [-0.2, -0.15) is 0 Å². The van der Waals surface area contributed by atoms with E-state index in [1.807, 2.05) is 0 Å². The molecule has 0 saturated carbocycles. The van der Waals surface area contributed by atoms with E-state index >= 15 is 0 Å². The van der Waals surface area contributed by atoms with Crippen LogP contribution in [0.2, 0.25) is 5.02 Å². The van der Waals surface area contributed by atoms with Gasteiger partial charge in [-0.25, -0.2) is 8.42 Å². The van der Waals surface area contributed by atoms with Gasteiger partial charge >= 0.3 is 0 Å². The zero-order valence-corrected chi connectivity index (χ0v) is 23.8. The lowest BCUT2D eigenvalue weighted by Gasteiger charge is -2.33. The first kappa shape index (κ1) is 29.8. The monoisotopic (exact) mass is 573 g/mol. The topological polar surface area (TPSA) is 105 Å². The van der Waals surface area contributed by atoms with Gasteiger partial charge in [-0.15, -0.1) is 0 Å².